The SMILES string of the molecule is CCCOC(=O)[C@H](OC(=O)c1ccc(OC/C=C/C2(C(C)CCC)CCCCC2)cc1)[C@@H](OC(=O)c1ccc(OC/C=C/C2(C(C)CCC)CCCCC2)cc1)C(=O)OCCC. The molecule has 0 N–H and O–H groups in total. The number of rotatable bonds is 25. The van der Waals surface area contributed by atoms with Gasteiger partial charge in [0.15, 0.2) is 0 Å². The van der Waals surface area contributed by atoms with Crippen LogP contribution in [-0.2, 0) is 28.5 Å². The molecule has 2 aliphatic carbocycles. The lowest BCUT2D eigenvalue weighted by Gasteiger charge is -2.40. The zero-order chi connectivity index (χ0) is 44.8. The second-order valence-corrected chi connectivity index (χ2v) is 17.4. The van der Waals surface area contributed by atoms with E-state index in [-0.39, 0.29) is 35.2 Å². The quantitative estimate of drug-likeness (QED) is 0.0541. The summed E-state index contributed by atoms with van der Waals surface area (Å²) < 4.78 is 34.0. The Hall–Kier alpha value is -4.60. The van der Waals surface area contributed by atoms with E-state index in [0.717, 1.165) is 0 Å². The van der Waals surface area contributed by atoms with Crippen molar-refractivity contribution in [2.24, 2.45) is 22.7 Å². The van der Waals surface area contributed by atoms with Crippen LogP contribution in [0.15, 0.2) is 72.8 Å². The molecule has 2 aliphatic rings. The third-order valence-corrected chi connectivity index (χ3v) is 12.9. The molecule has 0 saturated heterocycles. The molecule has 0 heterocycles. The fraction of sp³-hybridized carbons (Fsp3) is 0.615. The minimum atomic E-state index is -1.94. The van der Waals surface area contributed by atoms with Gasteiger partial charge in [-0.05, 0) is 110 Å². The van der Waals surface area contributed by atoms with Crippen molar-refractivity contribution in [3.05, 3.63) is 84.0 Å². The van der Waals surface area contributed by atoms with E-state index in [1.165, 1.54) is 114 Å². The molecule has 0 amide bonds. The Labute approximate surface area is 371 Å². The zero-order valence-electron chi connectivity index (χ0n) is 38.5. The van der Waals surface area contributed by atoms with E-state index in [0.29, 0.717) is 49.4 Å². The molecule has 62 heavy (non-hydrogen) atoms. The summed E-state index contributed by atoms with van der Waals surface area (Å²) in [5.74, 6) is -1.61. The van der Waals surface area contributed by atoms with Gasteiger partial charge in [-0.25, -0.2) is 19.2 Å². The van der Waals surface area contributed by atoms with Crippen molar-refractivity contribution in [3.63, 3.8) is 0 Å². The Morgan fingerprint density at radius 3 is 1.21 bits per heavy atom. The Morgan fingerprint density at radius 2 is 0.887 bits per heavy atom. The molecule has 342 valence electrons. The first-order valence-corrected chi connectivity index (χ1v) is 23.6. The van der Waals surface area contributed by atoms with E-state index in [1.807, 2.05) is 0 Å². The number of hydrogen-bond donors (Lipinski definition) is 0. The van der Waals surface area contributed by atoms with Gasteiger partial charge in [0, 0.05) is 0 Å². The van der Waals surface area contributed by atoms with Crippen molar-refractivity contribution < 1.29 is 47.6 Å². The molecule has 0 spiro atoms. The topological polar surface area (TPSA) is 124 Å². The number of carbonyl (C=O) groups excluding carboxylic acids is 4. The molecule has 2 saturated carbocycles. The standard InChI is InChI=1S/C52H74O10/c1-7-19-39(5)51(29-13-11-14-30-51)33-17-37-57-43-25-21-41(22-26-43)47(53)61-45(49(55)59-35-9-3)46(50(56)60-36-10-4)62-48(54)42-23-27-44(28-24-42)58-38-18-34-52(40(6)20-8-2)31-15-12-16-32-52/h17-18,21-28,33-34,39-40,45-46H,7-16,19-20,29-32,35-38H2,1-6H3/b33-17+,34-18+/t39?,40?,45-,46-/m1/s1. The molecule has 0 aliphatic heterocycles. The van der Waals surface area contributed by atoms with E-state index in [2.05, 4.69) is 52.0 Å². The Bertz CT molecular complexity index is 1590. The van der Waals surface area contributed by atoms with Gasteiger partial charge in [0.2, 0.25) is 12.2 Å². The fourth-order valence-corrected chi connectivity index (χ4v) is 9.14. The molecule has 0 aromatic heterocycles. The maximum Gasteiger partial charge on any atom is 0.352 e. The number of esters is 4. The van der Waals surface area contributed by atoms with Gasteiger partial charge in [-0.2, -0.15) is 0 Å². The largest absolute Gasteiger partial charge is 0.490 e. The van der Waals surface area contributed by atoms with Crippen LogP contribution in [0.1, 0.15) is 165 Å². The average molecular weight is 859 g/mol. The molecular weight excluding hydrogens is 785 g/mol. The average Bonchev–Trinajstić information content (AvgIpc) is 3.29. The molecular formula is C52H74O10. The van der Waals surface area contributed by atoms with Crippen molar-refractivity contribution in [2.45, 2.75) is 156 Å². The summed E-state index contributed by atoms with van der Waals surface area (Å²) in [6.45, 7) is 13.5. The minimum absolute atomic E-state index is 0.00786. The van der Waals surface area contributed by atoms with Crippen LogP contribution in [0.3, 0.4) is 0 Å². The van der Waals surface area contributed by atoms with Crippen LogP contribution in [0, 0.1) is 22.7 Å². The highest BCUT2D eigenvalue weighted by Crippen LogP contribution is 2.46. The van der Waals surface area contributed by atoms with E-state index in [9.17, 15) is 19.2 Å². The minimum Gasteiger partial charge on any atom is -0.490 e. The molecule has 10 heteroatoms. The van der Waals surface area contributed by atoms with Gasteiger partial charge in [-0.15, -0.1) is 0 Å². The summed E-state index contributed by atoms with van der Waals surface area (Å²) in [7, 11) is 0. The van der Waals surface area contributed by atoms with E-state index in [1.54, 1.807) is 38.1 Å². The van der Waals surface area contributed by atoms with Crippen LogP contribution < -0.4 is 9.47 Å². The van der Waals surface area contributed by atoms with Gasteiger partial charge in [-0.3, -0.25) is 0 Å². The predicted molar refractivity (Wildman–Crippen MR) is 242 cm³/mol. The van der Waals surface area contributed by atoms with Crippen LogP contribution in [-0.4, -0.2) is 62.5 Å². The zero-order valence-corrected chi connectivity index (χ0v) is 38.5. The maximum absolute atomic E-state index is 13.6. The van der Waals surface area contributed by atoms with Gasteiger partial charge >= 0.3 is 23.9 Å². The van der Waals surface area contributed by atoms with Crippen LogP contribution in [0.2, 0.25) is 0 Å². The summed E-state index contributed by atoms with van der Waals surface area (Å²) in [4.78, 5) is 54.0. The monoisotopic (exact) mass is 859 g/mol. The fourth-order valence-electron chi connectivity index (χ4n) is 9.14. The Kier molecular flexibility index (Phi) is 21.1. The molecule has 0 radical (unpaired) electrons. The van der Waals surface area contributed by atoms with Crippen molar-refractivity contribution in [1.29, 1.82) is 0 Å². The second-order valence-electron chi connectivity index (χ2n) is 17.4. The van der Waals surface area contributed by atoms with E-state index < -0.39 is 36.1 Å². The van der Waals surface area contributed by atoms with Crippen LogP contribution in [0.25, 0.3) is 0 Å². The first-order valence-electron chi connectivity index (χ1n) is 23.6. The smallest absolute Gasteiger partial charge is 0.352 e. The molecule has 4 atom stereocenters. The number of allylic oxidation sites excluding steroid dienone is 2. The normalized spacial score (nSPS) is 18.0. The molecule has 2 unspecified atom stereocenters. The summed E-state index contributed by atoms with van der Waals surface area (Å²) in [5, 5.41) is 0. The first-order chi connectivity index (χ1) is 30.0. The Balaban J connectivity index is 1.43. The predicted octanol–water partition coefficient (Wildman–Crippen LogP) is 12.0. The van der Waals surface area contributed by atoms with Crippen LogP contribution in [0.4, 0.5) is 0 Å². The molecule has 2 fully saturated rings. The molecule has 4 rings (SSSR count). The number of carbonyl (C=O) groups is 4. The molecule has 2 aromatic carbocycles. The van der Waals surface area contributed by atoms with Crippen LogP contribution >= 0.6 is 0 Å². The highest BCUT2D eigenvalue weighted by Gasteiger charge is 2.43. The number of hydrogen-bond acceptors (Lipinski definition) is 10. The number of ether oxygens (including phenoxy) is 6. The lowest BCUT2D eigenvalue weighted by molar-refractivity contribution is -0.174. The van der Waals surface area contributed by atoms with E-state index >= 15 is 0 Å². The van der Waals surface area contributed by atoms with Crippen molar-refractivity contribution in [2.75, 3.05) is 26.4 Å². The molecule has 2 aromatic rings. The van der Waals surface area contributed by atoms with Gasteiger partial charge in [-0.1, -0.05) is 130 Å². The molecule has 0 bridgehead atoms. The van der Waals surface area contributed by atoms with Crippen molar-refractivity contribution >= 4 is 23.9 Å². The second kappa shape index (κ2) is 26.1. The molecule has 10 nitrogen and oxygen atoms in total. The van der Waals surface area contributed by atoms with Gasteiger partial charge in [0.1, 0.15) is 24.7 Å². The van der Waals surface area contributed by atoms with Crippen molar-refractivity contribution in [1.82, 2.24) is 0 Å². The Morgan fingerprint density at radius 1 is 0.532 bits per heavy atom. The van der Waals surface area contributed by atoms with E-state index in [4.69, 9.17) is 28.4 Å². The summed E-state index contributed by atoms with van der Waals surface area (Å²) in [6.07, 6.45) is 23.1. The maximum atomic E-state index is 13.6. The lowest BCUT2D eigenvalue weighted by Crippen LogP contribution is -2.47. The van der Waals surface area contributed by atoms with Gasteiger partial charge in [0.25, 0.3) is 0 Å². The third-order valence-electron chi connectivity index (χ3n) is 12.9. The van der Waals surface area contributed by atoms with Crippen LogP contribution in [0.5, 0.6) is 11.5 Å². The highest BCUT2D eigenvalue weighted by atomic mass is 16.6. The summed E-state index contributed by atoms with van der Waals surface area (Å²) >= 11 is 0. The van der Waals surface area contributed by atoms with Gasteiger partial charge < -0.3 is 28.4 Å². The highest BCUT2D eigenvalue weighted by molar-refractivity contribution is 5.96. The number of benzene rings is 2. The lowest BCUT2D eigenvalue weighted by atomic mass is 9.65. The van der Waals surface area contributed by atoms with Crippen molar-refractivity contribution in [3.8, 4) is 11.5 Å². The third kappa shape index (κ3) is 14.8. The summed E-state index contributed by atoms with van der Waals surface area (Å²) in [6, 6.07) is 12.6. The summed E-state index contributed by atoms with van der Waals surface area (Å²) in [5.41, 5.74) is 0.601. The first kappa shape index (κ1) is 50.0. The van der Waals surface area contributed by atoms with Gasteiger partial charge in [0.05, 0.1) is 24.3 Å².